The first-order valence-corrected chi connectivity index (χ1v) is 14.2. The zero-order valence-electron chi connectivity index (χ0n) is 24.2. The van der Waals surface area contributed by atoms with Crippen LogP contribution in [0.3, 0.4) is 0 Å². The molecule has 1 fully saturated rings. The average Bonchev–Trinajstić information content (AvgIpc) is 2.93. The van der Waals surface area contributed by atoms with Crippen LogP contribution in [0.2, 0.25) is 0 Å². The van der Waals surface area contributed by atoms with Gasteiger partial charge in [0.25, 0.3) is 17.9 Å². The van der Waals surface area contributed by atoms with Crippen molar-refractivity contribution in [2.24, 2.45) is 0 Å². The number of halogens is 2. The molecule has 0 saturated carbocycles. The van der Waals surface area contributed by atoms with Gasteiger partial charge in [-0.15, -0.1) is 0 Å². The number of carbonyl (C=O) groups excluding carboxylic acids is 1. The summed E-state index contributed by atoms with van der Waals surface area (Å²) in [5.41, 5.74) is 6.81. The van der Waals surface area contributed by atoms with Crippen LogP contribution in [0.4, 0.5) is 14.5 Å². The first-order valence-electron chi connectivity index (χ1n) is 14.2. The molecule has 2 atom stereocenters. The van der Waals surface area contributed by atoms with E-state index in [2.05, 4.69) is 33.9 Å². The van der Waals surface area contributed by atoms with Crippen LogP contribution in [-0.4, -0.2) is 42.6 Å². The largest absolute Gasteiger partial charge is 0.382 e. The number of aromatic amines is 1. The molecule has 1 aliphatic rings. The molecular weight excluding hydrogens is 526 g/mol. The topological polar surface area (TPSA) is 95.2 Å². The minimum absolute atomic E-state index is 0.116. The highest BCUT2D eigenvalue weighted by atomic mass is 19.3. The number of aromatic nitrogens is 1. The molecule has 1 saturated heterocycles. The van der Waals surface area contributed by atoms with Gasteiger partial charge in [-0.1, -0.05) is 31.2 Å². The lowest BCUT2D eigenvalue weighted by Crippen LogP contribution is -2.34. The van der Waals surface area contributed by atoms with Crippen molar-refractivity contribution in [2.75, 3.05) is 18.5 Å². The van der Waals surface area contributed by atoms with E-state index in [1.54, 1.807) is 0 Å². The first-order chi connectivity index (χ1) is 19.6. The van der Waals surface area contributed by atoms with Crippen LogP contribution < -0.4 is 21.5 Å². The number of nitrogens with one attached hydrogen (secondary N) is 4. The molecule has 7 nitrogen and oxygen atoms in total. The highest BCUT2D eigenvalue weighted by Gasteiger charge is 2.23. The number of rotatable bonds is 11. The van der Waals surface area contributed by atoms with Gasteiger partial charge < -0.3 is 25.7 Å². The van der Waals surface area contributed by atoms with Gasteiger partial charge >= 0.3 is 0 Å². The Morgan fingerprint density at radius 3 is 2.51 bits per heavy atom. The van der Waals surface area contributed by atoms with E-state index in [4.69, 9.17) is 4.74 Å². The number of aryl methyl sites for hydroxylation is 2. The van der Waals surface area contributed by atoms with E-state index in [0.717, 1.165) is 58.5 Å². The fourth-order valence-corrected chi connectivity index (χ4v) is 5.29. The molecule has 2 heterocycles. The lowest BCUT2D eigenvalue weighted by atomic mass is 9.95. The minimum atomic E-state index is -2.39. The number of H-pyrrole nitrogens is 1. The second-order valence-corrected chi connectivity index (χ2v) is 10.8. The third kappa shape index (κ3) is 8.01. The normalized spacial score (nSPS) is 17.0. The molecule has 4 rings (SSSR count). The molecular formula is C32H40F2N4O3. The Morgan fingerprint density at radius 1 is 1.07 bits per heavy atom. The molecule has 3 aromatic rings. The van der Waals surface area contributed by atoms with E-state index in [1.807, 2.05) is 57.2 Å². The van der Waals surface area contributed by atoms with Gasteiger partial charge in [0.05, 0.1) is 12.6 Å². The zero-order valence-corrected chi connectivity index (χ0v) is 24.2. The van der Waals surface area contributed by atoms with Crippen molar-refractivity contribution in [2.45, 2.75) is 78.6 Å². The smallest absolute Gasteiger partial charge is 0.253 e. The van der Waals surface area contributed by atoms with Gasteiger partial charge in [0.15, 0.2) is 0 Å². The van der Waals surface area contributed by atoms with E-state index in [0.29, 0.717) is 24.3 Å². The lowest BCUT2D eigenvalue weighted by molar-refractivity contribution is 0.00924. The highest BCUT2D eigenvalue weighted by molar-refractivity contribution is 5.98. The van der Waals surface area contributed by atoms with E-state index in [1.165, 1.54) is 0 Å². The summed E-state index contributed by atoms with van der Waals surface area (Å²) in [5.74, 6) is -0.266. The zero-order chi connectivity index (χ0) is 29.5. The summed E-state index contributed by atoms with van der Waals surface area (Å²) < 4.78 is 30.8. The number of amides is 1. The molecule has 2 unspecified atom stereocenters. The summed E-state index contributed by atoms with van der Waals surface area (Å²) in [5, 5.41) is 9.36. The van der Waals surface area contributed by atoms with Gasteiger partial charge in [-0.05, 0) is 86.1 Å². The van der Waals surface area contributed by atoms with Crippen LogP contribution in [0.25, 0.3) is 11.1 Å². The van der Waals surface area contributed by atoms with Crippen molar-refractivity contribution >= 4 is 11.6 Å². The molecule has 9 heteroatoms. The molecule has 1 aromatic heterocycles. The third-order valence-corrected chi connectivity index (χ3v) is 7.67. The summed E-state index contributed by atoms with van der Waals surface area (Å²) in [6, 6.07) is 13.7. The number of alkyl halides is 2. The second kappa shape index (κ2) is 13.9. The fourth-order valence-electron chi connectivity index (χ4n) is 5.29. The van der Waals surface area contributed by atoms with Gasteiger partial charge in [-0.2, -0.15) is 0 Å². The average molecular weight is 567 g/mol. The van der Waals surface area contributed by atoms with Gasteiger partial charge in [0.1, 0.15) is 0 Å². The molecule has 1 aliphatic heterocycles. The van der Waals surface area contributed by atoms with Gasteiger partial charge in [0.2, 0.25) is 0 Å². The number of benzene rings is 2. The van der Waals surface area contributed by atoms with E-state index in [9.17, 15) is 18.4 Å². The highest BCUT2D eigenvalue weighted by Crippen LogP contribution is 2.31. The van der Waals surface area contributed by atoms with Crippen molar-refractivity contribution in [3.05, 3.63) is 86.3 Å². The van der Waals surface area contributed by atoms with Gasteiger partial charge in [0, 0.05) is 48.2 Å². The predicted octanol–water partition coefficient (Wildman–Crippen LogP) is 5.62. The summed E-state index contributed by atoms with van der Waals surface area (Å²) in [7, 11) is 0. The van der Waals surface area contributed by atoms with Crippen LogP contribution in [0.1, 0.15) is 64.5 Å². The Bertz CT molecular complexity index is 1410. The second-order valence-electron chi connectivity index (χ2n) is 10.8. The van der Waals surface area contributed by atoms with Crippen molar-refractivity contribution in [1.82, 2.24) is 15.6 Å². The maximum Gasteiger partial charge on any atom is 0.253 e. The van der Waals surface area contributed by atoms with E-state index in [-0.39, 0.29) is 36.7 Å². The Labute approximate surface area is 240 Å². The van der Waals surface area contributed by atoms with Crippen LogP contribution >= 0.6 is 0 Å². The molecule has 0 aliphatic carbocycles. The lowest BCUT2D eigenvalue weighted by Gasteiger charge is -2.31. The van der Waals surface area contributed by atoms with Crippen LogP contribution in [0, 0.1) is 20.8 Å². The molecule has 220 valence electrons. The van der Waals surface area contributed by atoms with E-state index >= 15 is 0 Å². The number of ether oxygens (including phenoxy) is 1. The maximum atomic E-state index is 13.5. The predicted molar refractivity (Wildman–Crippen MR) is 159 cm³/mol. The number of carbonyl (C=O) groups is 1. The molecule has 41 heavy (non-hydrogen) atoms. The molecule has 4 N–H and O–H groups in total. The Kier molecular flexibility index (Phi) is 10.3. The number of hydrogen-bond donors (Lipinski definition) is 4. The van der Waals surface area contributed by atoms with Crippen LogP contribution in [0.15, 0.2) is 47.3 Å². The standard InChI is InChI=1S/C32H40F2N4O3/c1-5-26-15-25(10-11-41-26)38-29-14-24(23-8-6-22(7-9-23)16-35-18-30(33)34)13-27(21(29)4)31(39)36-17-28-19(2)12-20(3)37-32(28)40/h6-9,12-14,25-26,30,35,38H,5,10-11,15-18H2,1-4H3,(H,36,39)(H,37,40). The Balaban J connectivity index is 1.62. The van der Waals surface area contributed by atoms with Crippen molar-refractivity contribution < 1.29 is 18.3 Å². The number of pyridine rings is 1. The van der Waals surface area contributed by atoms with Crippen LogP contribution in [0.5, 0.6) is 0 Å². The number of hydrogen-bond acceptors (Lipinski definition) is 5. The van der Waals surface area contributed by atoms with E-state index < -0.39 is 6.43 Å². The third-order valence-electron chi connectivity index (χ3n) is 7.67. The summed E-state index contributed by atoms with van der Waals surface area (Å²) in [6.07, 6.45) is 0.513. The summed E-state index contributed by atoms with van der Waals surface area (Å²) in [6.45, 7) is 8.54. The first kappa shape index (κ1) is 30.4. The Hall–Kier alpha value is -3.56. The maximum absolute atomic E-state index is 13.5. The number of anilines is 1. The van der Waals surface area contributed by atoms with Crippen molar-refractivity contribution in [1.29, 1.82) is 0 Å². The summed E-state index contributed by atoms with van der Waals surface area (Å²) >= 11 is 0. The molecule has 0 bridgehead atoms. The minimum Gasteiger partial charge on any atom is -0.382 e. The van der Waals surface area contributed by atoms with Gasteiger partial charge in [-0.3, -0.25) is 9.59 Å². The fraction of sp³-hybridized carbons (Fsp3) is 0.438. The van der Waals surface area contributed by atoms with Gasteiger partial charge in [-0.25, -0.2) is 8.78 Å². The molecule has 2 aromatic carbocycles. The quantitative estimate of drug-likeness (QED) is 0.242. The molecule has 1 amide bonds. The monoisotopic (exact) mass is 566 g/mol. The summed E-state index contributed by atoms with van der Waals surface area (Å²) in [4.78, 5) is 28.8. The van der Waals surface area contributed by atoms with Crippen molar-refractivity contribution in [3.63, 3.8) is 0 Å². The molecule has 0 spiro atoms. The SMILES string of the molecule is CCC1CC(Nc2cc(-c3ccc(CNCC(F)F)cc3)cc(C(=O)NCc3c(C)cc(C)[nH]c3=O)c2C)CCO1. The van der Waals surface area contributed by atoms with Crippen molar-refractivity contribution in [3.8, 4) is 11.1 Å². The Morgan fingerprint density at radius 2 is 1.83 bits per heavy atom. The molecule has 0 radical (unpaired) electrons. The van der Waals surface area contributed by atoms with Crippen LogP contribution in [-0.2, 0) is 17.8 Å².